The number of carbonyl (C=O) groups excluding carboxylic acids is 2. The van der Waals surface area contributed by atoms with Crippen molar-refractivity contribution in [2.45, 2.75) is 64.0 Å². The molecule has 1 saturated carbocycles. The zero-order chi connectivity index (χ0) is 17.3. The lowest BCUT2D eigenvalue weighted by atomic mass is 9.75. The van der Waals surface area contributed by atoms with Gasteiger partial charge in [0.25, 0.3) is 0 Å². The fourth-order valence-electron chi connectivity index (χ4n) is 4.79. The maximum Gasteiger partial charge on any atom is 0.232 e. The second kappa shape index (κ2) is 6.66. The van der Waals surface area contributed by atoms with Crippen molar-refractivity contribution in [2.75, 3.05) is 0 Å². The van der Waals surface area contributed by atoms with E-state index in [9.17, 15) is 9.59 Å². The zero-order valence-electron chi connectivity index (χ0n) is 14.7. The summed E-state index contributed by atoms with van der Waals surface area (Å²) in [5, 5.41) is 3.14. The molecular formula is C21H26N2O2. The lowest BCUT2D eigenvalue weighted by Gasteiger charge is -2.44. The molecule has 1 aromatic rings. The number of hydrogen-bond acceptors (Lipinski definition) is 2. The largest absolute Gasteiger partial charge is 0.351 e. The van der Waals surface area contributed by atoms with Crippen LogP contribution in [0.1, 0.15) is 56.9 Å². The molecule has 1 saturated heterocycles. The molecule has 0 radical (unpaired) electrons. The van der Waals surface area contributed by atoms with Crippen molar-refractivity contribution in [2.24, 2.45) is 5.41 Å². The Morgan fingerprint density at radius 2 is 1.92 bits per heavy atom. The maximum absolute atomic E-state index is 13.2. The standard InChI is InChI=1S/C21H26N2O2/c24-19-12-14-21(20(25)22-15-16-7-2-1-3-8-16)13-6-11-18(21)23(19)17-9-4-5-10-17/h1-3,7-8,11,17H,4-6,9-10,12-15H2,(H,22,25). The number of nitrogens with one attached hydrogen (secondary N) is 1. The maximum atomic E-state index is 13.2. The average molecular weight is 338 g/mol. The molecule has 0 spiro atoms. The van der Waals surface area contributed by atoms with Crippen LogP contribution in [-0.4, -0.2) is 22.8 Å². The highest BCUT2D eigenvalue weighted by Crippen LogP contribution is 2.50. The van der Waals surface area contributed by atoms with Gasteiger partial charge in [-0.2, -0.15) is 0 Å². The van der Waals surface area contributed by atoms with E-state index in [1.165, 1.54) is 12.8 Å². The van der Waals surface area contributed by atoms with Gasteiger partial charge in [-0.25, -0.2) is 0 Å². The minimum absolute atomic E-state index is 0.0931. The molecule has 3 aliphatic rings. The highest BCUT2D eigenvalue weighted by atomic mass is 16.2. The number of rotatable bonds is 4. The molecule has 4 nitrogen and oxygen atoms in total. The first-order chi connectivity index (χ1) is 12.2. The summed E-state index contributed by atoms with van der Waals surface area (Å²) < 4.78 is 0. The van der Waals surface area contributed by atoms with Crippen LogP contribution in [0, 0.1) is 5.41 Å². The van der Waals surface area contributed by atoms with E-state index in [0.717, 1.165) is 36.9 Å². The van der Waals surface area contributed by atoms with Gasteiger partial charge in [-0.3, -0.25) is 9.59 Å². The van der Waals surface area contributed by atoms with Crippen molar-refractivity contribution in [1.82, 2.24) is 10.2 Å². The van der Waals surface area contributed by atoms with Gasteiger partial charge in [0, 0.05) is 24.7 Å². The van der Waals surface area contributed by atoms with Gasteiger partial charge in [0.05, 0.1) is 5.41 Å². The van der Waals surface area contributed by atoms with Gasteiger partial charge >= 0.3 is 0 Å². The number of hydrogen-bond donors (Lipinski definition) is 1. The summed E-state index contributed by atoms with van der Waals surface area (Å²) in [6.45, 7) is 0.548. The van der Waals surface area contributed by atoms with Crippen LogP contribution in [0.4, 0.5) is 0 Å². The number of amides is 2. The van der Waals surface area contributed by atoms with E-state index in [4.69, 9.17) is 0 Å². The van der Waals surface area contributed by atoms with Crippen molar-refractivity contribution in [3.63, 3.8) is 0 Å². The third-order valence-corrected chi connectivity index (χ3v) is 6.11. The number of fused-ring (bicyclic) bond motifs is 1. The van der Waals surface area contributed by atoms with E-state index < -0.39 is 5.41 Å². The van der Waals surface area contributed by atoms with Crippen LogP contribution in [0.3, 0.4) is 0 Å². The normalized spacial score (nSPS) is 26.5. The number of likely N-dealkylation sites (tertiary alicyclic amines) is 1. The molecular weight excluding hydrogens is 312 g/mol. The predicted molar refractivity (Wildman–Crippen MR) is 96.4 cm³/mol. The average Bonchev–Trinajstić information content (AvgIpc) is 3.31. The third-order valence-electron chi connectivity index (χ3n) is 6.11. The minimum atomic E-state index is -0.495. The highest BCUT2D eigenvalue weighted by Gasteiger charge is 2.52. The van der Waals surface area contributed by atoms with Gasteiger partial charge in [0.15, 0.2) is 0 Å². The lowest BCUT2D eigenvalue weighted by Crippen LogP contribution is -2.52. The molecule has 1 aromatic carbocycles. The molecule has 132 valence electrons. The first kappa shape index (κ1) is 16.4. The molecule has 4 rings (SSSR count). The van der Waals surface area contributed by atoms with Crippen LogP contribution >= 0.6 is 0 Å². The molecule has 0 bridgehead atoms. The summed E-state index contributed by atoms with van der Waals surface area (Å²) in [4.78, 5) is 27.8. The monoisotopic (exact) mass is 338 g/mol. The van der Waals surface area contributed by atoms with Crippen LogP contribution in [0.15, 0.2) is 42.1 Å². The topological polar surface area (TPSA) is 49.4 Å². The van der Waals surface area contributed by atoms with Crippen molar-refractivity contribution >= 4 is 11.8 Å². The van der Waals surface area contributed by atoms with Gasteiger partial charge in [0.2, 0.25) is 11.8 Å². The van der Waals surface area contributed by atoms with Gasteiger partial charge in [-0.1, -0.05) is 49.2 Å². The zero-order valence-corrected chi connectivity index (χ0v) is 14.7. The Labute approximate surface area is 149 Å². The fraction of sp³-hybridized carbons (Fsp3) is 0.524. The number of carbonyl (C=O) groups is 2. The Kier molecular flexibility index (Phi) is 4.36. The molecule has 1 aliphatic heterocycles. The Balaban J connectivity index is 1.54. The lowest BCUT2D eigenvalue weighted by molar-refractivity contribution is -0.141. The molecule has 0 aromatic heterocycles. The first-order valence-corrected chi connectivity index (χ1v) is 9.56. The Morgan fingerprint density at radius 3 is 2.68 bits per heavy atom. The summed E-state index contributed by atoms with van der Waals surface area (Å²) >= 11 is 0. The number of benzene rings is 1. The van der Waals surface area contributed by atoms with Gasteiger partial charge in [-0.15, -0.1) is 0 Å². The highest BCUT2D eigenvalue weighted by molar-refractivity contribution is 5.91. The van der Waals surface area contributed by atoms with E-state index in [1.54, 1.807) is 0 Å². The van der Waals surface area contributed by atoms with Crippen molar-refractivity contribution in [3.05, 3.63) is 47.7 Å². The first-order valence-electron chi connectivity index (χ1n) is 9.56. The van der Waals surface area contributed by atoms with Crippen molar-refractivity contribution in [1.29, 1.82) is 0 Å². The second-order valence-corrected chi connectivity index (χ2v) is 7.58. The molecule has 1 N–H and O–H groups in total. The molecule has 1 heterocycles. The Hall–Kier alpha value is -2.10. The smallest absolute Gasteiger partial charge is 0.232 e. The van der Waals surface area contributed by atoms with Crippen LogP contribution in [0.2, 0.25) is 0 Å². The molecule has 25 heavy (non-hydrogen) atoms. The number of allylic oxidation sites excluding steroid dienone is 1. The van der Waals surface area contributed by atoms with E-state index in [2.05, 4.69) is 11.4 Å². The van der Waals surface area contributed by atoms with Gasteiger partial charge < -0.3 is 10.2 Å². The fourth-order valence-corrected chi connectivity index (χ4v) is 4.79. The second-order valence-electron chi connectivity index (χ2n) is 7.58. The summed E-state index contributed by atoms with van der Waals surface area (Å²) in [7, 11) is 0. The molecule has 1 atom stereocenters. The van der Waals surface area contributed by atoms with E-state index in [0.29, 0.717) is 25.4 Å². The number of nitrogens with zero attached hydrogens (tertiary/aromatic N) is 1. The molecule has 2 fully saturated rings. The summed E-state index contributed by atoms with van der Waals surface area (Å²) in [5.74, 6) is 0.308. The van der Waals surface area contributed by atoms with Crippen molar-refractivity contribution < 1.29 is 9.59 Å². The van der Waals surface area contributed by atoms with Crippen LogP contribution in [-0.2, 0) is 16.1 Å². The SMILES string of the molecule is O=C1CCC2(C(=O)NCc3ccccc3)CCC=C2N1C1CCCC1. The minimum Gasteiger partial charge on any atom is -0.351 e. The Bertz CT molecular complexity index is 691. The predicted octanol–water partition coefficient (Wildman–Crippen LogP) is 3.53. The molecule has 2 amide bonds. The van der Waals surface area contributed by atoms with Crippen LogP contribution in [0.5, 0.6) is 0 Å². The number of piperidine rings is 1. The summed E-state index contributed by atoms with van der Waals surface area (Å²) in [6, 6.07) is 10.3. The van der Waals surface area contributed by atoms with Crippen LogP contribution in [0.25, 0.3) is 0 Å². The Morgan fingerprint density at radius 1 is 1.16 bits per heavy atom. The van der Waals surface area contributed by atoms with Gasteiger partial charge in [-0.05, 0) is 37.7 Å². The van der Waals surface area contributed by atoms with E-state index in [1.807, 2.05) is 35.2 Å². The molecule has 2 aliphatic carbocycles. The van der Waals surface area contributed by atoms with Gasteiger partial charge in [0.1, 0.15) is 0 Å². The van der Waals surface area contributed by atoms with E-state index >= 15 is 0 Å². The third kappa shape index (κ3) is 2.88. The quantitative estimate of drug-likeness (QED) is 0.913. The summed E-state index contributed by atoms with van der Waals surface area (Å²) in [5.41, 5.74) is 1.61. The molecule has 4 heteroatoms. The molecule has 1 unspecified atom stereocenters. The summed E-state index contributed by atoms with van der Waals surface area (Å²) in [6.07, 6.45) is 9.55. The van der Waals surface area contributed by atoms with Crippen LogP contribution < -0.4 is 5.32 Å². The van der Waals surface area contributed by atoms with Crippen molar-refractivity contribution in [3.8, 4) is 0 Å². The van der Waals surface area contributed by atoms with E-state index in [-0.39, 0.29) is 11.8 Å².